The predicted octanol–water partition coefficient (Wildman–Crippen LogP) is 5.63. The van der Waals surface area contributed by atoms with E-state index in [0.29, 0.717) is 25.7 Å². The van der Waals surface area contributed by atoms with Crippen LogP contribution in [-0.2, 0) is 16.0 Å². The molecule has 0 radical (unpaired) electrons. The first kappa shape index (κ1) is 28.0. The van der Waals surface area contributed by atoms with Crippen LogP contribution in [0.4, 0.5) is 9.59 Å². The lowest BCUT2D eigenvalue weighted by Crippen LogP contribution is -2.44. The molecule has 0 spiro atoms. The molecule has 1 heterocycles. The SMILES string of the molecule is CCCCCCNC(=O)OCCCCCCNC(=O)OC1CCN(Cc2ccccc2)C(C)C1. The van der Waals surface area contributed by atoms with E-state index in [-0.39, 0.29) is 18.3 Å². The van der Waals surface area contributed by atoms with E-state index in [4.69, 9.17) is 9.47 Å². The number of nitrogens with one attached hydrogen (secondary N) is 2. The first-order valence-electron chi connectivity index (χ1n) is 13.2. The number of hydrogen-bond donors (Lipinski definition) is 2. The van der Waals surface area contributed by atoms with Crippen LogP contribution >= 0.6 is 0 Å². The zero-order valence-electron chi connectivity index (χ0n) is 21.2. The molecular weight excluding hydrogens is 430 g/mol. The predicted molar refractivity (Wildman–Crippen MR) is 136 cm³/mol. The van der Waals surface area contributed by atoms with Gasteiger partial charge in [0.1, 0.15) is 6.10 Å². The molecule has 1 saturated heterocycles. The maximum atomic E-state index is 12.1. The third-order valence-corrected chi connectivity index (χ3v) is 6.34. The van der Waals surface area contributed by atoms with E-state index in [1.807, 2.05) is 6.07 Å². The lowest BCUT2D eigenvalue weighted by atomic mass is 10.00. The van der Waals surface area contributed by atoms with Gasteiger partial charge in [0.25, 0.3) is 0 Å². The van der Waals surface area contributed by atoms with Gasteiger partial charge in [0.15, 0.2) is 0 Å². The third-order valence-electron chi connectivity index (χ3n) is 6.34. The lowest BCUT2D eigenvalue weighted by molar-refractivity contribution is 0.0247. The molecule has 0 aliphatic carbocycles. The Bertz CT molecular complexity index is 686. The molecule has 0 saturated carbocycles. The van der Waals surface area contributed by atoms with Crippen LogP contribution in [0, 0.1) is 0 Å². The minimum atomic E-state index is -0.318. The van der Waals surface area contributed by atoms with Gasteiger partial charge < -0.3 is 20.1 Å². The van der Waals surface area contributed by atoms with Gasteiger partial charge in [-0.15, -0.1) is 0 Å². The third kappa shape index (κ3) is 12.3. The van der Waals surface area contributed by atoms with E-state index >= 15 is 0 Å². The van der Waals surface area contributed by atoms with Crippen LogP contribution in [0.15, 0.2) is 30.3 Å². The van der Waals surface area contributed by atoms with Gasteiger partial charge in [-0.05, 0) is 51.0 Å². The van der Waals surface area contributed by atoms with Gasteiger partial charge in [-0.2, -0.15) is 0 Å². The summed E-state index contributed by atoms with van der Waals surface area (Å²) in [5.74, 6) is 0. The van der Waals surface area contributed by atoms with Crippen molar-refractivity contribution in [2.45, 2.75) is 96.7 Å². The van der Waals surface area contributed by atoms with Crippen LogP contribution in [0.3, 0.4) is 0 Å². The summed E-state index contributed by atoms with van der Waals surface area (Å²) in [5, 5.41) is 5.66. The highest BCUT2D eigenvalue weighted by atomic mass is 16.6. The number of nitrogens with zero attached hydrogens (tertiary/aromatic N) is 1. The summed E-state index contributed by atoms with van der Waals surface area (Å²) in [6.45, 7) is 7.99. The summed E-state index contributed by atoms with van der Waals surface area (Å²) in [6.07, 6.45) is 9.32. The topological polar surface area (TPSA) is 79.9 Å². The second kappa shape index (κ2) is 17.2. The molecule has 1 aliphatic heterocycles. The normalized spacial score (nSPS) is 18.3. The van der Waals surface area contributed by atoms with Crippen LogP contribution in [0.5, 0.6) is 0 Å². The Kier molecular flexibility index (Phi) is 14.1. The summed E-state index contributed by atoms with van der Waals surface area (Å²) < 4.78 is 10.8. The van der Waals surface area contributed by atoms with E-state index in [1.165, 1.54) is 18.4 Å². The Morgan fingerprint density at radius 1 is 0.941 bits per heavy atom. The molecule has 0 bridgehead atoms. The van der Waals surface area contributed by atoms with Crippen molar-refractivity contribution >= 4 is 12.2 Å². The second-order valence-electron chi connectivity index (χ2n) is 9.32. The molecule has 192 valence electrons. The van der Waals surface area contributed by atoms with Crippen LogP contribution in [0.1, 0.15) is 83.6 Å². The van der Waals surface area contributed by atoms with Gasteiger partial charge in [-0.25, -0.2) is 9.59 Å². The maximum absolute atomic E-state index is 12.1. The number of ether oxygens (including phenoxy) is 2. The van der Waals surface area contributed by atoms with E-state index in [0.717, 1.165) is 64.5 Å². The van der Waals surface area contributed by atoms with Gasteiger partial charge in [-0.3, -0.25) is 4.90 Å². The number of amides is 2. The Labute approximate surface area is 205 Å². The van der Waals surface area contributed by atoms with E-state index in [9.17, 15) is 9.59 Å². The average Bonchev–Trinajstić information content (AvgIpc) is 2.83. The Balaban J connectivity index is 1.43. The standard InChI is InChI=1S/C27H45N3O4/c1-3-4-5-11-17-28-26(31)33-20-13-7-6-12-18-29-27(32)34-25-16-19-30(23(2)21-25)22-24-14-9-8-10-15-24/h8-10,14-15,23,25H,3-7,11-13,16-22H2,1-2H3,(H,28,31)(H,29,32). The monoisotopic (exact) mass is 475 g/mol. The van der Waals surface area contributed by atoms with E-state index in [1.54, 1.807) is 0 Å². The van der Waals surface area contributed by atoms with Gasteiger partial charge in [0.2, 0.25) is 0 Å². The largest absolute Gasteiger partial charge is 0.450 e. The number of unbranched alkanes of at least 4 members (excludes halogenated alkanes) is 6. The average molecular weight is 476 g/mol. The van der Waals surface area contributed by atoms with Crippen molar-refractivity contribution in [1.82, 2.24) is 15.5 Å². The summed E-state index contributed by atoms with van der Waals surface area (Å²) >= 11 is 0. The Morgan fingerprint density at radius 2 is 1.62 bits per heavy atom. The van der Waals surface area contributed by atoms with Crippen molar-refractivity contribution in [2.24, 2.45) is 0 Å². The number of alkyl carbamates (subject to hydrolysis) is 2. The van der Waals surface area contributed by atoms with Crippen molar-refractivity contribution in [3.8, 4) is 0 Å². The Hall–Kier alpha value is -2.28. The minimum absolute atomic E-state index is 0.0167. The van der Waals surface area contributed by atoms with Gasteiger partial charge in [0.05, 0.1) is 6.61 Å². The van der Waals surface area contributed by atoms with Crippen molar-refractivity contribution < 1.29 is 19.1 Å². The molecule has 2 N–H and O–H groups in total. The van der Waals surface area contributed by atoms with Crippen LogP contribution in [0.25, 0.3) is 0 Å². The molecule has 2 amide bonds. The first-order chi connectivity index (χ1) is 16.6. The number of rotatable bonds is 15. The highest BCUT2D eigenvalue weighted by Crippen LogP contribution is 2.22. The molecule has 34 heavy (non-hydrogen) atoms. The molecule has 2 rings (SSSR count). The lowest BCUT2D eigenvalue weighted by Gasteiger charge is -2.37. The number of carbonyl (C=O) groups excluding carboxylic acids is 2. The minimum Gasteiger partial charge on any atom is -0.450 e. The molecule has 1 fully saturated rings. The zero-order valence-corrected chi connectivity index (χ0v) is 21.2. The zero-order chi connectivity index (χ0) is 24.4. The van der Waals surface area contributed by atoms with Crippen LogP contribution < -0.4 is 10.6 Å². The Morgan fingerprint density at radius 3 is 2.32 bits per heavy atom. The van der Waals surface area contributed by atoms with Crippen molar-refractivity contribution in [3.63, 3.8) is 0 Å². The molecule has 1 aromatic rings. The highest BCUT2D eigenvalue weighted by molar-refractivity contribution is 5.67. The second-order valence-corrected chi connectivity index (χ2v) is 9.32. The molecule has 2 atom stereocenters. The summed E-state index contributed by atoms with van der Waals surface area (Å²) in [6, 6.07) is 10.9. The van der Waals surface area contributed by atoms with Gasteiger partial charge >= 0.3 is 12.2 Å². The molecule has 7 nitrogen and oxygen atoms in total. The maximum Gasteiger partial charge on any atom is 0.407 e. The summed E-state index contributed by atoms with van der Waals surface area (Å²) in [4.78, 5) is 26.2. The van der Waals surface area contributed by atoms with E-state index in [2.05, 4.69) is 53.6 Å². The molecule has 1 aromatic carbocycles. The number of piperidine rings is 1. The van der Waals surface area contributed by atoms with Crippen LogP contribution in [-0.4, -0.2) is 55.5 Å². The van der Waals surface area contributed by atoms with E-state index < -0.39 is 0 Å². The fourth-order valence-corrected chi connectivity index (χ4v) is 4.26. The number of benzene rings is 1. The van der Waals surface area contributed by atoms with Gasteiger partial charge in [-0.1, -0.05) is 62.9 Å². The number of carbonyl (C=O) groups is 2. The summed E-state index contributed by atoms with van der Waals surface area (Å²) in [7, 11) is 0. The number of likely N-dealkylation sites (tertiary alicyclic amines) is 1. The highest BCUT2D eigenvalue weighted by Gasteiger charge is 2.27. The fraction of sp³-hybridized carbons (Fsp3) is 0.704. The molecule has 7 heteroatoms. The van der Waals surface area contributed by atoms with Crippen molar-refractivity contribution in [1.29, 1.82) is 0 Å². The summed E-state index contributed by atoms with van der Waals surface area (Å²) in [5.41, 5.74) is 1.32. The number of hydrogen-bond acceptors (Lipinski definition) is 5. The first-order valence-corrected chi connectivity index (χ1v) is 13.2. The molecule has 1 aliphatic rings. The molecule has 2 unspecified atom stereocenters. The van der Waals surface area contributed by atoms with Crippen LogP contribution in [0.2, 0.25) is 0 Å². The van der Waals surface area contributed by atoms with Gasteiger partial charge in [0, 0.05) is 32.2 Å². The smallest absolute Gasteiger partial charge is 0.407 e. The fourth-order valence-electron chi connectivity index (χ4n) is 4.26. The molecular formula is C27H45N3O4. The van der Waals surface area contributed by atoms with Crippen molar-refractivity contribution in [3.05, 3.63) is 35.9 Å². The van der Waals surface area contributed by atoms with Crippen molar-refractivity contribution in [2.75, 3.05) is 26.2 Å². The molecule has 0 aromatic heterocycles. The quantitative estimate of drug-likeness (QED) is 0.321.